The van der Waals surface area contributed by atoms with Gasteiger partial charge in [-0.1, -0.05) is 13.8 Å². The third-order valence-corrected chi connectivity index (χ3v) is 4.18. The van der Waals surface area contributed by atoms with E-state index >= 15 is 0 Å². The summed E-state index contributed by atoms with van der Waals surface area (Å²) in [6.07, 6.45) is 0. The highest BCUT2D eigenvalue weighted by atomic mass is 31.0. The summed E-state index contributed by atoms with van der Waals surface area (Å²) in [5.41, 5.74) is 6.03. The number of nitrogen functional groups attached to an aromatic ring is 1. The Morgan fingerprint density at radius 3 is 2.42 bits per heavy atom. The standard InChI is InChI=1S/C13H19BFN2OP/c1-12(2,13(3,4)19)18-14-9-5-8(7-16)6-10(15)11(9)17/h5-6,14H,17,19H2,1-4H3. The summed E-state index contributed by atoms with van der Waals surface area (Å²) in [4.78, 5) is 0. The smallest absolute Gasteiger partial charge is 0.311 e. The van der Waals surface area contributed by atoms with Crippen molar-refractivity contribution in [3.63, 3.8) is 0 Å². The average molecular weight is 280 g/mol. The topological polar surface area (TPSA) is 59.0 Å². The minimum absolute atomic E-state index is 0.0383. The Morgan fingerprint density at radius 1 is 1.37 bits per heavy atom. The van der Waals surface area contributed by atoms with Crippen molar-refractivity contribution in [3.8, 4) is 6.07 Å². The molecule has 0 saturated carbocycles. The van der Waals surface area contributed by atoms with Gasteiger partial charge in [-0.2, -0.15) is 5.26 Å². The number of nitrogens with zero attached hydrogens (tertiary/aromatic N) is 1. The number of nitriles is 1. The molecule has 19 heavy (non-hydrogen) atoms. The lowest BCUT2D eigenvalue weighted by Crippen LogP contribution is -2.45. The Bertz CT molecular complexity index is 521. The van der Waals surface area contributed by atoms with Crippen LogP contribution in [-0.4, -0.2) is 18.2 Å². The van der Waals surface area contributed by atoms with E-state index in [-0.39, 0.29) is 23.9 Å². The number of rotatable bonds is 4. The molecule has 102 valence electrons. The molecule has 1 aromatic carbocycles. The van der Waals surface area contributed by atoms with Crippen LogP contribution in [0.5, 0.6) is 0 Å². The zero-order valence-electron chi connectivity index (χ0n) is 11.7. The molecule has 0 aliphatic heterocycles. The molecule has 0 aliphatic carbocycles. The molecule has 0 bridgehead atoms. The maximum atomic E-state index is 13.5. The van der Waals surface area contributed by atoms with E-state index in [0.717, 1.165) is 6.07 Å². The highest BCUT2D eigenvalue weighted by Crippen LogP contribution is 2.33. The zero-order valence-corrected chi connectivity index (χ0v) is 12.9. The van der Waals surface area contributed by atoms with Gasteiger partial charge in [0.1, 0.15) is 5.82 Å². The van der Waals surface area contributed by atoms with Crippen LogP contribution in [0.2, 0.25) is 0 Å². The van der Waals surface area contributed by atoms with Gasteiger partial charge in [-0.25, -0.2) is 4.39 Å². The van der Waals surface area contributed by atoms with E-state index in [0.29, 0.717) is 5.46 Å². The van der Waals surface area contributed by atoms with E-state index in [1.807, 2.05) is 33.8 Å². The van der Waals surface area contributed by atoms with E-state index in [1.165, 1.54) is 0 Å². The van der Waals surface area contributed by atoms with Crippen LogP contribution < -0.4 is 11.2 Å². The molecular weight excluding hydrogens is 261 g/mol. The first-order chi connectivity index (χ1) is 8.58. The maximum absolute atomic E-state index is 13.5. The summed E-state index contributed by atoms with van der Waals surface area (Å²) in [6.45, 7) is 7.99. The van der Waals surface area contributed by atoms with Gasteiger partial charge in [0.15, 0.2) is 0 Å². The van der Waals surface area contributed by atoms with E-state index in [1.54, 1.807) is 6.07 Å². The van der Waals surface area contributed by atoms with Crippen LogP contribution in [0.25, 0.3) is 0 Å². The van der Waals surface area contributed by atoms with Gasteiger partial charge in [-0.15, -0.1) is 9.24 Å². The zero-order chi connectivity index (χ0) is 14.8. The molecule has 0 spiro atoms. The van der Waals surface area contributed by atoms with Gasteiger partial charge in [0, 0.05) is 5.16 Å². The second kappa shape index (κ2) is 5.49. The SMILES string of the molecule is CC(C)(P)C(C)(C)OBc1cc(C#N)cc(F)c1N. The van der Waals surface area contributed by atoms with E-state index < -0.39 is 11.4 Å². The Labute approximate surface area is 116 Å². The third kappa shape index (κ3) is 3.68. The number of anilines is 1. The summed E-state index contributed by atoms with van der Waals surface area (Å²) in [7, 11) is 2.90. The van der Waals surface area contributed by atoms with Gasteiger partial charge in [-0.05, 0) is 31.4 Å². The predicted molar refractivity (Wildman–Crippen MR) is 81.3 cm³/mol. The van der Waals surface area contributed by atoms with Crippen LogP contribution >= 0.6 is 9.24 Å². The molecule has 1 aromatic rings. The first kappa shape index (κ1) is 16.0. The molecule has 0 aliphatic rings. The van der Waals surface area contributed by atoms with Crippen LogP contribution in [0.3, 0.4) is 0 Å². The van der Waals surface area contributed by atoms with E-state index in [2.05, 4.69) is 9.24 Å². The van der Waals surface area contributed by atoms with Gasteiger partial charge in [-0.3, -0.25) is 0 Å². The molecule has 0 fully saturated rings. The van der Waals surface area contributed by atoms with Gasteiger partial charge in [0.05, 0.1) is 22.9 Å². The quantitative estimate of drug-likeness (QED) is 0.519. The molecule has 6 heteroatoms. The minimum Gasteiger partial charge on any atom is -0.429 e. The summed E-state index contributed by atoms with van der Waals surface area (Å²) >= 11 is 0. The number of hydrogen-bond acceptors (Lipinski definition) is 3. The Morgan fingerprint density at radius 2 is 1.95 bits per heavy atom. The van der Waals surface area contributed by atoms with Crippen molar-refractivity contribution < 1.29 is 9.04 Å². The molecular formula is C13H19BFN2OP. The van der Waals surface area contributed by atoms with Gasteiger partial charge in [0.2, 0.25) is 0 Å². The van der Waals surface area contributed by atoms with E-state index in [4.69, 9.17) is 15.6 Å². The highest BCUT2D eigenvalue weighted by molar-refractivity contribution is 7.19. The number of halogens is 1. The van der Waals surface area contributed by atoms with Crippen LogP contribution in [0, 0.1) is 17.1 Å². The molecule has 0 saturated heterocycles. The van der Waals surface area contributed by atoms with Crippen molar-refractivity contribution in [2.24, 2.45) is 0 Å². The molecule has 1 rings (SSSR count). The predicted octanol–water partition coefficient (Wildman–Crippen LogP) is 1.71. The largest absolute Gasteiger partial charge is 0.429 e. The van der Waals surface area contributed by atoms with Gasteiger partial charge < -0.3 is 10.4 Å². The summed E-state index contributed by atoms with van der Waals surface area (Å²) in [5, 5.41) is 8.69. The van der Waals surface area contributed by atoms with Crippen LogP contribution in [-0.2, 0) is 4.65 Å². The van der Waals surface area contributed by atoms with Crippen LogP contribution in [0.1, 0.15) is 33.3 Å². The lowest BCUT2D eigenvalue weighted by molar-refractivity contribution is 0.0841. The van der Waals surface area contributed by atoms with Crippen LogP contribution in [0.4, 0.5) is 10.1 Å². The minimum atomic E-state index is -0.583. The van der Waals surface area contributed by atoms with Crippen LogP contribution in [0.15, 0.2) is 12.1 Å². The molecule has 2 N–H and O–H groups in total. The fourth-order valence-electron chi connectivity index (χ4n) is 1.30. The third-order valence-electron chi connectivity index (χ3n) is 3.48. The molecule has 1 unspecified atom stereocenters. The number of hydrogen-bond donors (Lipinski definition) is 1. The Hall–Kier alpha value is -1.11. The fraction of sp³-hybridized carbons (Fsp3) is 0.462. The number of benzene rings is 1. The lowest BCUT2D eigenvalue weighted by Gasteiger charge is -2.39. The summed E-state index contributed by atoms with van der Waals surface area (Å²) in [5.74, 6) is -0.583. The van der Waals surface area contributed by atoms with Crippen molar-refractivity contribution in [2.45, 2.75) is 38.5 Å². The molecule has 0 amide bonds. The highest BCUT2D eigenvalue weighted by Gasteiger charge is 2.33. The summed E-state index contributed by atoms with van der Waals surface area (Å²) in [6, 6.07) is 4.60. The second-order valence-electron chi connectivity index (χ2n) is 5.66. The normalized spacial score (nSPS) is 12.1. The fourth-order valence-corrected chi connectivity index (χ4v) is 1.39. The van der Waals surface area contributed by atoms with Gasteiger partial charge >= 0.3 is 7.48 Å². The Balaban J connectivity index is 2.96. The molecule has 0 heterocycles. The van der Waals surface area contributed by atoms with Gasteiger partial charge in [0.25, 0.3) is 0 Å². The maximum Gasteiger partial charge on any atom is 0.311 e. The van der Waals surface area contributed by atoms with Crippen molar-refractivity contribution in [3.05, 3.63) is 23.5 Å². The summed E-state index contributed by atoms with van der Waals surface area (Å²) < 4.78 is 19.4. The first-order valence-electron chi connectivity index (χ1n) is 5.99. The van der Waals surface area contributed by atoms with Crippen molar-refractivity contribution >= 4 is 27.9 Å². The first-order valence-corrected chi connectivity index (χ1v) is 6.57. The van der Waals surface area contributed by atoms with E-state index in [9.17, 15) is 4.39 Å². The number of nitrogens with two attached hydrogens (primary N) is 1. The van der Waals surface area contributed by atoms with Crippen molar-refractivity contribution in [2.75, 3.05) is 5.73 Å². The molecule has 0 radical (unpaired) electrons. The average Bonchev–Trinajstić information content (AvgIpc) is 2.29. The lowest BCUT2D eigenvalue weighted by atomic mass is 9.82. The Kier molecular flexibility index (Phi) is 4.61. The molecule has 1 atom stereocenters. The molecule has 0 aromatic heterocycles. The van der Waals surface area contributed by atoms with Crippen molar-refractivity contribution in [1.82, 2.24) is 0 Å². The monoisotopic (exact) mass is 280 g/mol. The van der Waals surface area contributed by atoms with Crippen molar-refractivity contribution in [1.29, 1.82) is 5.26 Å². The molecule has 3 nitrogen and oxygen atoms in total. The second-order valence-corrected chi connectivity index (χ2v) is 7.11.